The SMILES string of the molecule is CCCOc1c(OC)cc(/C=N\n2cnnc2)cc1OC. The molecule has 0 radical (unpaired) electrons. The lowest BCUT2D eigenvalue weighted by atomic mass is 10.2. The first-order valence-electron chi connectivity index (χ1n) is 6.56. The molecule has 7 nitrogen and oxygen atoms in total. The Labute approximate surface area is 123 Å². The lowest BCUT2D eigenvalue weighted by Crippen LogP contribution is -2.01. The van der Waals surface area contributed by atoms with E-state index in [9.17, 15) is 0 Å². The molecule has 112 valence electrons. The second kappa shape index (κ2) is 7.28. The lowest BCUT2D eigenvalue weighted by molar-refractivity contribution is 0.275. The normalized spacial score (nSPS) is 10.8. The molecule has 0 aliphatic carbocycles. The predicted molar refractivity (Wildman–Crippen MR) is 78.3 cm³/mol. The van der Waals surface area contributed by atoms with E-state index in [4.69, 9.17) is 14.2 Å². The van der Waals surface area contributed by atoms with Gasteiger partial charge in [0.1, 0.15) is 12.7 Å². The molecule has 0 aliphatic rings. The fourth-order valence-corrected chi connectivity index (χ4v) is 1.71. The van der Waals surface area contributed by atoms with Gasteiger partial charge in [0, 0.05) is 5.56 Å². The van der Waals surface area contributed by atoms with E-state index in [0.717, 1.165) is 12.0 Å². The molecule has 1 heterocycles. The highest BCUT2D eigenvalue weighted by Gasteiger charge is 2.13. The number of hydrogen-bond acceptors (Lipinski definition) is 6. The van der Waals surface area contributed by atoms with Crippen molar-refractivity contribution in [1.82, 2.24) is 14.9 Å². The summed E-state index contributed by atoms with van der Waals surface area (Å²) < 4.78 is 17.9. The molecular weight excluding hydrogens is 272 g/mol. The maximum Gasteiger partial charge on any atom is 0.203 e. The van der Waals surface area contributed by atoms with Crippen molar-refractivity contribution < 1.29 is 14.2 Å². The van der Waals surface area contributed by atoms with Crippen molar-refractivity contribution in [2.75, 3.05) is 20.8 Å². The van der Waals surface area contributed by atoms with Crippen LogP contribution in [0.5, 0.6) is 17.2 Å². The predicted octanol–water partition coefficient (Wildman–Crippen LogP) is 1.97. The maximum atomic E-state index is 5.68. The first-order chi connectivity index (χ1) is 10.3. The zero-order valence-corrected chi connectivity index (χ0v) is 12.3. The van der Waals surface area contributed by atoms with Gasteiger partial charge in [-0.15, -0.1) is 10.2 Å². The Morgan fingerprint density at radius 1 is 1.14 bits per heavy atom. The van der Waals surface area contributed by atoms with E-state index in [1.54, 1.807) is 20.4 Å². The van der Waals surface area contributed by atoms with Gasteiger partial charge in [-0.2, -0.15) is 5.10 Å². The molecule has 21 heavy (non-hydrogen) atoms. The van der Waals surface area contributed by atoms with Crippen LogP contribution in [0.15, 0.2) is 29.9 Å². The highest BCUT2D eigenvalue weighted by Crippen LogP contribution is 2.38. The molecule has 1 aromatic carbocycles. The Bertz CT molecular complexity index is 571. The first-order valence-corrected chi connectivity index (χ1v) is 6.56. The molecule has 0 N–H and O–H groups in total. The zero-order valence-electron chi connectivity index (χ0n) is 12.3. The number of nitrogens with zero attached hydrogens (tertiary/aromatic N) is 4. The summed E-state index contributed by atoms with van der Waals surface area (Å²) in [5.41, 5.74) is 0.821. The molecule has 0 amide bonds. The van der Waals surface area contributed by atoms with E-state index in [-0.39, 0.29) is 0 Å². The number of rotatable bonds is 7. The van der Waals surface area contributed by atoms with Crippen molar-refractivity contribution in [2.45, 2.75) is 13.3 Å². The topological polar surface area (TPSA) is 70.8 Å². The van der Waals surface area contributed by atoms with Crippen LogP contribution < -0.4 is 14.2 Å². The number of benzene rings is 1. The van der Waals surface area contributed by atoms with Crippen LogP contribution in [0, 0.1) is 0 Å². The van der Waals surface area contributed by atoms with Crippen molar-refractivity contribution in [3.05, 3.63) is 30.4 Å². The van der Waals surface area contributed by atoms with E-state index in [1.165, 1.54) is 17.3 Å². The number of ether oxygens (including phenoxy) is 3. The standard InChI is InChI=1S/C14H18N4O3/c1-4-5-21-14-12(19-2)6-11(7-13(14)20-3)8-17-18-9-15-16-10-18/h6-10H,4-5H2,1-3H3/b17-8-. The van der Waals surface area contributed by atoms with Crippen molar-refractivity contribution in [1.29, 1.82) is 0 Å². The fourth-order valence-electron chi connectivity index (χ4n) is 1.71. The molecule has 0 saturated carbocycles. The van der Waals surface area contributed by atoms with Crippen LogP contribution in [0.1, 0.15) is 18.9 Å². The van der Waals surface area contributed by atoms with Gasteiger partial charge >= 0.3 is 0 Å². The van der Waals surface area contributed by atoms with Gasteiger partial charge in [0.25, 0.3) is 0 Å². The third-order valence-electron chi connectivity index (χ3n) is 2.68. The van der Waals surface area contributed by atoms with Gasteiger partial charge in [-0.3, -0.25) is 0 Å². The van der Waals surface area contributed by atoms with Gasteiger partial charge in [0.15, 0.2) is 11.5 Å². The summed E-state index contributed by atoms with van der Waals surface area (Å²) in [6, 6.07) is 3.67. The Balaban J connectivity index is 2.31. The molecule has 2 aromatic rings. The van der Waals surface area contributed by atoms with Gasteiger partial charge in [-0.1, -0.05) is 6.92 Å². The summed E-state index contributed by atoms with van der Waals surface area (Å²) in [5.74, 6) is 1.81. The molecule has 0 spiro atoms. The third kappa shape index (κ3) is 3.71. The maximum absolute atomic E-state index is 5.68. The minimum absolute atomic E-state index is 0.598. The number of hydrogen-bond donors (Lipinski definition) is 0. The minimum atomic E-state index is 0.598. The molecular formula is C14H18N4O3. The van der Waals surface area contributed by atoms with Gasteiger partial charge in [-0.05, 0) is 18.6 Å². The summed E-state index contributed by atoms with van der Waals surface area (Å²) in [6.07, 6.45) is 5.58. The first kappa shape index (κ1) is 14.8. The summed E-state index contributed by atoms with van der Waals surface area (Å²) in [4.78, 5) is 0. The molecule has 0 bridgehead atoms. The van der Waals surface area contributed by atoms with Crippen molar-refractivity contribution in [3.8, 4) is 17.2 Å². The van der Waals surface area contributed by atoms with Gasteiger partial charge in [0.05, 0.1) is 27.0 Å². The van der Waals surface area contributed by atoms with E-state index in [1.807, 2.05) is 19.1 Å². The lowest BCUT2D eigenvalue weighted by Gasteiger charge is -2.14. The molecule has 0 saturated heterocycles. The molecule has 0 atom stereocenters. The summed E-state index contributed by atoms with van der Waals surface area (Å²) in [7, 11) is 3.18. The fraction of sp³-hybridized carbons (Fsp3) is 0.357. The van der Waals surface area contributed by atoms with Gasteiger partial charge in [0.2, 0.25) is 5.75 Å². The Kier molecular flexibility index (Phi) is 5.14. The highest BCUT2D eigenvalue weighted by atomic mass is 16.5. The van der Waals surface area contributed by atoms with E-state index in [0.29, 0.717) is 23.9 Å². The molecule has 0 aliphatic heterocycles. The summed E-state index contributed by atoms with van der Waals surface area (Å²) >= 11 is 0. The van der Waals surface area contributed by atoms with Crippen LogP contribution in [0.2, 0.25) is 0 Å². The second-order valence-electron chi connectivity index (χ2n) is 4.19. The van der Waals surface area contributed by atoms with Crippen molar-refractivity contribution in [2.24, 2.45) is 5.10 Å². The third-order valence-corrected chi connectivity index (χ3v) is 2.68. The van der Waals surface area contributed by atoms with Crippen LogP contribution in [0.3, 0.4) is 0 Å². The van der Waals surface area contributed by atoms with Crippen LogP contribution in [0.25, 0.3) is 0 Å². The quantitative estimate of drug-likeness (QED) is 0.729. The van der Waals surface area contributed by atoms with E-state index < -0.39 is 0 Å². The number of aromatic nitrogens is 3. The molecule has 2 rings (SSSR count). The Hall–Kier alpha value is -2.57. The van der Waals surface area contributed by atoms with Crippen molar-refractivity contribution >= 4 is 6.21 Å². The highest BCUT2D eigenvalue weighted by molar-refractivity contribution is 5.82. The van der Waals surface area contributed by atoms with Crippen LogP contribution in [-0.4, -0.2) is 41.9 Å². The molecule has 0 fully saturated rings. The van der Waals surface area contributed by atoms with Gasteiger partial charge in [-0.25, -0.2) is 4.68 Å². The zero-order chi connectivity index (χ0) is 15.1. The average molecular weight is 290 g/mol. The summed E-state index contributed by atoms with van der Waals surface area (Å²) in [5, 5.41) is 11.6. The van der Waals surface area contributed by atoms with Crippen molar-refractivity contribution in [3.63, 3.8) is 0 Å². The monoisotopic (exact) mass is 290 g/mol. The number of methoxy groups -OCH3 is 2. The van der Waals surface area contributed by atoms with E-state index >= 15 is 0 Å². The Morgan fingerprint density at radius 2 is 1.76 bits per heavy atom. The molecule has 0 unspecified atom stereocenters. The van der Waals surface area contributed by atoms with Gasteiger partial charge < -0.3 is 14.2 Å². The Morgan fingerprint density at radius 3 is 2.29 bits per heavy atom. The van der Waals surface area contributed by atoms with E-state index in [2.05, 4.69) is 15.3 Å². The summed E-state index contributed by atoms with van der Waals surface area (Å²) in [6.45, 7) is 2.64. The van der Waals surface area contributed by atoms with Crippen LogP contribution >= 0.6 is 0 Å². The molecule has 1 aromatic heterocycles. The smallest absolute Gasteiger partial charge is 0.203 e. The minimum Gasteiger partial charge on any atom is -0.493 e. The average Bonchev–Trinajstić information content (AvgIpc) is 3.03. The second-order valence-corrected chi connectivity index (χ2v) is 4.19. The molecule has 7 heteroatoms. The largest absolute Gasteiger partial charge is 0.493 e. The van der Waals surface area contributed by atoms with Crippen LogP contribution in [-0.2, 0) is 0 Å². The van der Waals surface area contributed by atoms with Crippen LogP contribution in [0.4, 0.5) is 0 Å².